The Bertz CT molecular complexity index is 699. The van der Waals surface area contributed by atoms with E-state index in [2.05, 4.69) is 4.72 Å². The molecule has 0 aliphatic heterocycles. The average molecular weight is 298 g/mol. The fraction of sp³-hybridized carbons (Fsp3) is 0. The van der Waals surface area contributed by atoms with E-state index in [0.29, 0.717) is 16.4 Å². The fourth-order valence-corrected chi connectivity index (χ4v) is 2.67. The van der Waals surface area contributed by atoms with Crippen LogP contribution in [0, 0.1) is 0 Å². The summed E-state index contributed by atoms with van der Waals surface area (Å²) in [4.78, 5) is 0.0501. The lowest BCUT2D eigenvalue weighted by atomic mass is 10.3. The molecule has 5 nitrogen and oxygen atoms in total. The van der Waals surface area contributed by atoms with E-state index in [1.54, 1.807) is 24.3 Å². The molecule has 0 amide bonds. The number of nitrogens with two attached hydrogens (primary N) is 2. The third kappa shape index (κ3) is 3.10. The molecular formula is C12H12ClN3O2S. The van der Waals surface area contributed by atoms with Gasteiger partial charge in [0.15, 0.2) is 0 Å². The number of benzene rings is 2. The van der Waals surface area contributed by atoms with Gasteiger partial charge < -0.3 is 11.5 Å². The van der Waals surface area contributed by atoms with Crippen LogP contribution in [-0.2, 0) is 10.0 Å². The lowest BCUT2D eigenvalue weighted by Gasteiger charge is -2.09. The molecule has 7 heteroatoms. The van der Waals surface area contributed by atoms with Crippen LogP contribution in [0.5, 0.6) is 0 Å². The van der Waals surface area contributed by atoms with Crippen LogP contribution in [0.4, 0.5) is 17.1 Å². The van der Waals surface area contributed by atoms with Crippen LogP contribution in [-0.4, -0.2) is 8.42 Å². The predicted molar refractivity (Wildman–Crippen MR) is 77.5 cm³/mol. The van der Waals surface area contributed by atoms with Crippen molar-refractivity contribution < 1.29 is 8.42 Å². The van der Waals surface area contributed by atoms with Gasteiger partial charge in [0.2, 0.25) is 0 Å². The highest BCUT2D eigenvalue weighted by molar-refractivity contribution is 7.92. The predicted octanol–water partition coefficient (Wildman–Crippen LogP) is 2.31. The first-order chi connectivity index (χ1) is 8.88. The van der Waals surface area contributed by atoms with Crippen molar-refractivity contribution in [1.29, 1.82) is 0 Å². The molecule has 100 valence electrons. The van der Waals surface area contributed by atoms with Crippen LogP contribution in [0.1, 0.15) is 0 Å². The normalized spacial score (nSPS) is 11.2. The van der Waals surface area contributed by atoms with Gasteiger partial charge in [-0.2, -0.15) is 0 Å². The molecule has 0 aliphatic carbocycles. The minimum absolute atomic E-state index is 0.0501. The summed E-state index contributed by atoms with van der Waals surface area (Å²) < 4.78 is 26.6. The monoisotopic (exact) mass is 297 g/mol. The van der Waals surface area contributed by atoms with Crippen LogP contribution in [0.3, 0.4) is 0 Å². The molecule has 19 heavy (non-hydrogen) atoms. The van der Waals surface area contributed by atoms with Gasteiger partial charge in [-0.25, -0.2) is 8.42 Å². The van der Waals surface area contributed by atoms with E-state index in [0.717, 1.165) is 0 Å². The van der Waals surface area contributed by atoms with E-state index in [1.807, 2.05) is 0 Å². The number of hydrogen-bond acceptors (Lipinski definition) is 4. The lowest BCUT2D eigenvalue weighted by molar-refractivity contribution is 0.601. The van der Waals surface area contributed by atoms with Gasteiger partial charge in [0.25, 0.3) is 10.0 Å². The molecule has 0 heterocycles. The third-order valence-corrected chi connectivity index (χ3v) is 4.10. The molecule has 0 fully saturated rings. The van der Waals surface area contributed by atoms with Gasteiger partial charge in [-0.1, -0.05) is 11.6 Å². The maximum absolute atomic E-state index is 12.1. The van der Waals surface area contributed by atoms with E-state index >= 15 is 0 Å². The molecule has 0 unspecified atom stereocenters. The molecular weight excluding hydrogens is 286 g/mol. The van der Waals surface area contributed by atoms with E-state index in [1.165, 1.54) is 18.2 Å². The van der Waals surface area contributed by atoms with E-state index in [9.17, 15) is 8.42 Å². The number of hydrogen-bond donors (Lipinski definition) is 3. The summed E-state index contributed by atoms with van der Waals surface area (Å²) in [5, 5.41) is 0.527. The van der Waals surface area contributed by atoms with Gasteiger partial charge in [0.05, 0.1) is 16.3 Å². The molecule has 0 saturated heterocycles. The van der Waals surface area contributed by atoms with Gasteiger partial charge in [-0.15, -0.1) is 0 Å². The molecule has 5 N–H and O–H groups in total. The Morgan fingerprint density at radius 1 is 0.947 bits per heavy atom. The number of nitrogens with one attached hydrogen (secondary N) is 1. The molecule has 0 bridgehead atoms. The molecule has 0 radical (unpaired) electrons. The molecule has 0 saturated carbocycles. The number of rotatable bonds is 3. The zero-order valence-electron chi connectivity index (χ0n) is 9.80. The van der Waals surface area contributed by atoms with Crippen molar-refractivity contribution in [3.05, 3.63) is 47.5 Å². The Balaban J connectivity index is 2.32. The van der Waals surface area contributed by atoms with Crippen molar-refractivity contribution in [2.45, 2.75) is 4.90 Å². The van der Waals surface area contributed by atoms with Crippen molar-refractivity contribution in [1.82, 2.24) is 0 Å². The third-order valence-electron chi connectivity index (χ3n) is 2.46. The topological polar surface area (TPSA) is 98.2 Å². The number of nitrogen functional groups attached to an aromatic ring is 2. The summed E-state index contributed by atoms with van der Waals surface area (Å²) in [6.45, 7) is 0. The minimum atomic E-state index is -3.69. The van der Waals surface area contributed by atoms with Crippen LogP contribution >= 0.6 is 11.6 Å². The second-order valence-corrected chi connectivity index (χ2v) is 6.02. The zero-order valence-corrected chi connectivity index (χ0v) is 11.4. The Morgan fingerprint density at radius 3 is 2.16 bits per heavy atom. The SMILES string of the molecule is Nc1ccc(S(=O)(=O)Nc2ccc(Cl)cc2)cc1N. The Kier molecular flexibility index (Phi) is 3.55. The van der Waals surface area contributed by atoms with Crippen molar-refractivity contribution >= 4 is 38.7 Å². The number of sulfonamides is 1. The summed E-state index contributed by atoms with van der Waals surface area (Å²) in [7, 11) is -3.69. The Labute approximate surface area is 116 Å². The first kappa shape index (κ1) is 13.5. The molecule has 0 atom stereocenters. The Morgan fingerprint density at radius 2 is 1.58 bits per heavy atom. The van der Waals surface area contributed by atoms with Crippen molar-refractivity contribution in [2.24, 2.45) is 0 Å². The summed E-state index contributed by atoms with van der Waals surface area (Å²) >= 11 is 5.73. The van der Waals surface area contributed by atoms with E-state index < -0.39 is 10.0 Å². The maximum Gasteiger partial charge on any atom is 0.261 e. The lowest BCUT2D eigenvalue weighted by Crippen LogP contribution is -2.13. The summed E-state index contributed by atoms with van der Waals surface area (Å²) in [6, 6.07) is 10.5. The number of halogens is 1. The zero-order chi connectivity index (χ0) is 14.0. The van der Waals surface area contributed by atoms with Gasteiger partial charge >= 0.3 is 0 Å². The molecule has 0 aliphatic rings. The maximum atomic E-state index is 12.1. The fourth-order valence-electron chi connectivity index (χ4n) is 1.45. The molecule has 2 rings (SSSR count). The summed E-state index contributed by atoms with van der Waals surface area (Å²) in [6.07, 6.45) is 0. The van der Waals surface area contributed by atoms with Crippen molar-refractivity contribution in [3.63, 3.8) is 0 Å². The largest absolute Gasteiger partial charge is 0.397 e. The van der Waals surface area contributed by atoms with Gasteiger partial charge in [0.1, 0.15) is 0 Å². The molecule has 2 aromatic carbocycles. The van der Waals surface area contributed by atoms with Crippen LogP contribution in [0.2, 0.25) is 5.02 Å². The highest BCUT2D eigenvalue weighted by Gasteiger charge is 2.15. The minimum Gasteiger partial charge on any atom is -0.397 e. The van der Waals surface area contributed by atoms with Crippen LogP contribution < -0.4 is 16.2 Å². The summed E-state index contributed by atoms with van der Waals surface area (Å²) in [5.41, 5.74) is 12.1. The second kappa shape index (κ2) is 4.99. The van der Waals surface area contributed by atoms with E-state index in [4.69, 9.17) is 23.1 Å². The molecule has 0 spiro atoms. The second-order valence-electron chi connectivity index (χ2n) is 3.90. The van der Waals surface area contributed by atoms with E-state index in [-0.39, 0.29) is 10.6 Å². The first-order valence-corrected chi connectivity index (χ1v) is 7.18. The average Bonchev–Trinajstić information content (AvgIpc) is 2.35. The van der Waals surface area contributed by atoms with Crippen molar-refractivity contribution in [2.75, 3.05) is 16.2 Å². The van der Waals surface area contributed by atoms with Crippen LogP contribution in [0.15, 0.2) is 47.4 Å². The molecule has 2 aromatic rings. The standard InChI is InChI=1S/C12H12ClN3O2S/c13-8-1-3-9(4-2-8)16-19(17,18)10-5-6-11(14)12(15)7-10/h1-7,16H,14-15H2. The molecule has 0 aromatic heterocycles. The summed E-state index contributed by atoms with van der Waals surface area (Å²) in [5.74, 6) is 0. The van der Waals surface area contributed by atoms with Gasteiger partial charge in [-0.3, -0.25) is 4.72 Å². The highest BCUT2D eigenvalue weighted by atomic mass is 35.5. The van der Waals surface area contributed by atoms with Gasteiger partial charge in [0, 0.05) is 10.7 Å². The van der Waals surface area contributed by atoms with Gasteiger partial charge in [-0.05, 0) is 42.5 Å². The number of anilines is 3. The first-order valence-electron chi connectivity index (χ1n) is 5.32. The smallest absolute Gasteiger partial charge is 0.261 e. The highest BCUT2D eigenvalue weighted by Crippen LogP contribution is 2.22. The van der Waals surface area contributed by atoms with Crippen molar-refractivity contribution in [3.8, 4) is 0 Å². The van der Waals surface area contributed by atoms with Crippen LogP contribution in [0.25, 0.3) is 0 Å². The quantitative estimate of drug-likeness (QED) is 0.757. The Hall–Kier alpha value is -1.92.